The van der Waals surface area contributed by atoms with Crippen molar-refractivity contribution < 1.29 is 32.2 Å². The first-order valence-electron chi connectivity index (χ1n) is 9.74. The van der Waals surface area contributed by atoms with Gasteiger partial charge in [-0.1, -0.05) is 24.6 Å². The van der Waals surface area contributed by atoms with Crippen molar-refractivity contribution >= 4 is 17.6 Å². The number of aromatic nitrogens is 3. The minimum absolute atomic E-state index is 0.0288. The van der Waals surface area contributed by atoms with Gasteiger partial charge in [-0.3, -0.25) is 4.68 Å². The smallest absolute Gasteiger partial charge is 0.433 e. The Morgan fingerprint density at radius 3 is 2.62 bits per heavy atom. The fourth-order valence-corrected chi connectivity index (χ4v) is 3.60. The van der Waals surface area contributed by atoms with Crippen LogP contribution in [-0.4, -0.2) is 38.6 Å². The standard InChI is InChI=1S/C21H20ClF4N3O3/c1-3-11(30)10-29-19(21(24,25)26)13(9-28-29)18-17(20(31)32-4-2)12(8-27-18)16-14(22)6-5-7-15(16)23/h5-9,11,27,30H,3-4,10H2,1-2H3. The first-order chi connectivity index (χ1) is 15.1. The van der Waals surface area contributed by atoms with Gasteiger partial charge in [0.2, 0.25) is 0 Å². The number of aliphatic hydroxyl groups is 1. The highest BCUT2D eigenvalue weighted by Crippen LogP contribution is 2.42. The summed E-state index contributed by atoms with van der Waals surface area (Å²) in [7, 11) is 0. The second kappa shape index (κ2) is 9.33. The maximum atomic E-state index is 14.6. The molecule has 11 heteroatoms. The highest BCUT2D eigenvalue weighted by atomic mass is 35.5. The van der Waals surface area contributed by atoms with E-state index in [1.54, 1.807) is 6.92 Å². The van der Waals surface area contributed by atoms with E-state index in [4.69, 9.17) is 16.3 Å². The predicted octanol–water partition coefficient (Wildman–Crippen LogP) is 5.30. The number of H-pyrrole nitrogens is 1. The zero-order valence-electron chi connectivity index (χ0n) is 17.1. The van der Waals surface area contributed by atoms with Crippen molar-refractivity contribution in [2.45, 2.75) is 39.1 Å². The summed E-state index contributed by atoms with van der Waals surface area (Å²) in [5, 5.41) is 13.6. The summed E-state index contributed by atoms with van der Waals surface area (Å²) >= 11 is 6.12. The van der Waals surface area contributed by atoms with Crippen molar-refractivity contribution in [1.82, 2.24) is 14.8 Å². The molecule has 1 unspecified atom stereocenters. The second-order valence-corrected chi connectivity index (χ2v) is 7.33. The molecule has 0 amide bonds. The number of carbonyl (C=O) groups is 1. The van der Waals surface area contributed by atoms with Gasteiger partial charge in [0.05, 0.1) is 41.7 Å². The van der Waals surface area contributed by atoms with E-state index in [0.717, 1.165) is 12.3 Å². The van der Waals surface area contributed by atoms with Crippen LogP contribution in [0.1, 0.15) is 36.3 Å². The lowest BCUT2D eigenvalue weighted by Gasteiger charge is -2.15. The van der Waals surface area contributed by atoms with Crippen molar-refractivity contribution in [1.29, 1.82) is 0 Å². The molecule has 3 rings (SSSR count). The number of nitrogens with one attached hydrogen (secondary N) is 1. The van der Waals surface area contributed by atoms with E-state index in [-0.39, 0.29) is 40.4 Å². The molecule has 172 valence electrons. The maximum Gasteiger partial charge on any atom is 0.433 e. The number of rotatable bonds is 7. The minimum Gasteiger partial charge on any atom is -0.462 e. The van der Waals surface area contributed by atoms with Crippen LogP contribution >= 0.6 is 11.6 Å². The average Bonchev–Trinajstić information content (AvgIpc) is 3.32. The van der Waals surface area contributed by atoms with E-state index < -0.39 is 41.9 Å². The van der Waals surface area contributed by atoms with Gasteiger partial charge in [0.25, 0.3) is 0 Å². The van der Waals surface area contributed by atoms with E-state index >= 15 is 0 Å². The normalized spacial score (nSPS) is 12.8. The van der Waals surface area contributed by atoms with E-state index in [0.29, 0.717) is 4.68 Å². The monoisotopic (exact) mass is 473 g/mol. The van der Waals surface area contributed by atoms with Gasteiger partial charge < -0.3 is 14.8 Å². The molecule has 2 aromatic heterocycles. The topological polar surface area (TPSA) is 80.1 Å². The number of aliphatic hydroxyl groups excluding tert-OH is 1. The Morgan fingerprint density at radius 1 is 1.31 bits per heavy atom. The number of hydrogen-bond acceptors (Lipinski definition) is 4. The first kappa shape index (κ1) is 23.8. The molecular formula is C21H20ClF4N3O3. The molecule has 3 aromatic rings. The van der Waals surface area contributed by atoms with Gasteiger partial charge in [-0.25, -0.2) is 9.18 Å². The SMILES string of the molecule is CCOC(=O)c1c(-c2c(F)cccc2Cl)c[nH]c1-c1cnn(CC(O)CC)c1C(F)(F)F. The molecule has 0 aliphatic carbocycles. The molecule has 0 aliphatic rings. The molecule has 0 radical (unpaired) electrons. The van der Waals surface area contributed by atoms with E-state index in [2.05, 4.69) is 10.1 Å². The Hall–Kier alpha value is -2.85. The summed E-state index contributed by atoms with van der Waals surface area (Å²) < 4.78 is 62.1. The number of aromatic amines is 1. The molecule has 0 saturated carbocycles. The number of halogens is 5. The zero-order valence-corrected chi connectivity index (χ0v) is 17.9. The van der Waals surface area contributed by atoms with Crippen LogP contribution in [0.4, 0.5) is 17.6 Å². The Kier molecular flexibility index (Phi) is 6.94. The highest BCUT2D eigenvalue weighted by molar-refractivity contribution is 6.33. The van der Waals surface area contributed by atoms with Crippen molar-refractivity contribution in [2.75, 3.05) is 6.61 Å². The number of carbonyl (C=O) groups excluding carboxylic acids is 1. The number of alkyl halides is 3. The molecular weight excluding hydrogens is 454 g/mol. The molecule has 2 heterocycles. The van der Waals surface area contributed by atoms with Crippen LogP contribution < -0.4 is 0 Å². The van der Waals surface area contributed by atoms with Gasteiger partial charge in [-0.2, -0.15) is 18.3 Å². The molecule has 1 atom stereocenters. The summed E-state index contributed by atoms with van der Waals surface area (Å²) in [6.07, 6.45) is -3.55. The lowest BCUT2D eigenvalue weighted by Crippen LogP contribution is -2.22. The van der Waals surface area contributed by atoms with Gasteiger partial charge >= 0.3 is 12.1 Å². The quantitative estimate of drug-likeness (QED) is 0.360. The van der Waals surface area contributed by atoms with E-state index in [1.807, 2.05) is 0 Å². The molecule has 2 N–H and O–H groups in total. The van der Waals surface area contributed by atoms with Gasteiger partial charge in [0.15, 0.2) is 5.69 Å². The van der Waals surface area contributed by atoms with Crippen LogP contribution in [0, 0.1) is 5.82 Å². The molecule has 0 bridgehead atoms. The number of nitrogens with zero attached hydrogens (tertiary/aromatic N) is 2. The lowest BCUT2D eigenvalue weighted by molar-refractivity contribution is -0.144. The average molecular weight is 474 g/mol. The summed E-state index contributed by atoms with van der Waals surface area (Å²) in [6, 6.07) is 3.88. The maximum absolute atomic E-state index is 14.6. The van der Waals surface area contributed by atoms with E-state index in [1.165, 1.54) is 25.3 Å². The fraction of sp³-hybridized carbons (Fsp3) is 0.333. The largest absolute Gasteiger partial charge is 0.462 e. The zero-order chi connectivity index (χ0) is 23.6. The predicted molar refractivity (Wildman–Crippen MR) is 110 cm³/mol. The molecule has 6 nitrogen and oxygen atoms in total. The van der Waals surface area contributed by atoms with Crippen LogP contribution in [0.2, 0.25) is 5.02 Å². The Morgan fingerprint density at radius 2 is 2.03 bits per heavy atom. The Bertz CT molecular complexity index is 1100. The van der Waals surface area contributed by atoms with Crippen LogP contribution in [0.15, 0.2) is 30.6 Å². The van der Waals surface area contributed by atoms with E-state index in [9.17, 15) is 27.5 Å². The third-order valence-electron chi connectivity index (χ3n) is 4.82. The van der Waals surface area contributed by atoms with Crippen molar-refractivity contribution in [3.8, 4) is 22.4 Å². The summed E-state index contributed by atoms with van der Waals surface area (Å²) in [6.45, 7) is 2.71. The molecule has 0 aliphatic heterocycles. The van der Waals surface area contributed by atoms with Gasteiger partial charge in [-0.05, 0) is 25.5 Å². The summed E-state index contributed by atoms with van der Waals surface area (Å²) in [5.74, 6) is -1.71. The first-order valence-corrected chi connectivity index (χ1v) is 10.1. The Balaban J connectivity index is 2.28. The lowest BCUT2D eigenvalue weighted by atomic mass is 9.99. The highest BCUT2D eigenvalue weighted by Gasteiger charge is 2.40. The molecule has 0 spiro atoms. The van der Waals surface area contributed by atoms with Gasteiger partial charge in [0, 0.05) is 22.9 Å². The third-order valence-corrected chi connectivity index (χ3v) is 5.14. The molecule has 1 aromatic carbocycles. The minimum atomic E-state index is -4.86. The van der Waals surface area contributed by atoms with Crippen molar-refractivity contribution in [3.63, 3.8) is 0 Å². The molecule has 0 fully saturated rings. The van der Waals surface area contributed by atoms with Crippen LogP contribution in [-0.2, 0) is 17.5 Å². The van der Waals surface area contributed by atoms with Gasteiger partial charge in [-0.15, -0.1) is 0 Å². The second-order valence-electron chi connectivity index (χ2n) is 6.92. The third kappa shape index (κ3) is 4.51. The summed E-state index contributed by atoms with van der Waals surface area (Å²) in [4.78, 5) is 15.4. The Labute approximate surface area is 185 Å². The number of benzene rings is 1. The number of hydrogen-bond donors (Lipinski definition) is 2. The van der Waals surface area contributed by atoms with Crippen LogP contribution in [0.5, 0.6) is 0 Å². The van der Waals surface area contributed by atoms with Crippen LogP contribution in [0.3, 0.4) is 0 Å². The molecule has 0 saturated heterocycles. The van der Waals surface area contributed by atoms with Crippen LogP contribution in [0.25, 0.3) is 22.4 Å². The number of esters is 1. The summed E-state index contributed by atoms with van der Waals surface area (Å²) in [5.41, 5.74) is -2.36. The van der Waals surface area contributed by atoms with Gasteiger partial charge in [0.1, 0.15) is 5.82 Å². The molecule has 32 heavy (non-hydrogen) atoms. The van der Waals surface area contributed by atoms with Crippen molar-refractivity contribution in [2.24, 2.45) is 0 Å². The fourth-order valence-electron chi connectivity index (χ4n) is 3.34. The van der Waals surface area contributed by atoms with Crippen molar-refractivity contribution in [3.05, 3.63) is 52.7 Å². The number of ether oxygens (including phenoxy) is 1.